The van der Waals surface area contributed by atoms with E-state index in [0.29, 0.717) is 55.2 Å². The van der Waals surface area contributed by atoms with Crippen LogP contribution in [0.3, 0.4) is 0 Å². The van der Waals surface area contributed by atoms with Gasteiger partial charge in [-0.2, -0.15) is 0 Å². The molecule has 142 valence electrons. The van der Waals surface area contributed by atoms with Gasteiger partial charge in [-0.25, -0.2) is 18.6 Å². The topological polar surface area (TPSA) is 65.1 Å². The van der Waals surface area contributed by atoms with Crippen molar-refractivity contribution in [1.29, 1.82) is 0 Å². The summed E-state index contributed by atoms with van der Waals surface area (Å²) in [5, 5.41) is 0. The fraction of sp³-hybridized carbons (Fsp3) is 0.389. The van der Waals surface area contributed by atoms with Crippen molar-refractivity contribution in [2.75, 3.05) is 13.1 Å². The molecule has 0 fully saturated rings. The lowest BCUT2D eigenvalue weighted by Crippen LogP contribution is -2.39. The number of benzene rings is 1. The summed E-state index contributed by atoms with van der Waals surface area (Å²) in [7, 11) is 3.04. The van der Waals surface area contributed by atoms with E-state index in [1.165, 1.54) is 17.7 Å². The molecule has 0 unspecified atom stereocenters. The van der Waals surface area contributed by atoms with Gasteiger partial charge >= 0.3 is 5.69 Å². The zero-order valence-electron chi connectivity index (χ0n) is 15.1. The van der Waals surface area contributed by atoms with Crippen LogP contribution in [-0.2, 0) is 33.6 Å². The maximum atomic E-state index is 13.8. The fourth-order valence-corrected chi connectivity index (χ4v) is 3.58. The van der Waals surface area contributed by atoms with Crippen molar-refractivity contribution in [2.24, 2.45) is 14.1 Å². The van der Waals surface area contributed by atoms with Gasteiger partial charge in [0.1, 0.15) is 5.82 Å². The first-order valence-corrected chi connectivity index (χ1v) is 8.69. The van der Waals surface area contributed by atoms with Gasteiger partial charge in [0.05, 0.1) is 6.54 Å². The number of nitrogens with zero attached hydrogens (tertiary/aromatic N) is 5. The molecular formula is C18H19F2N5O2. The summed E-state index contributed by atoms with van der Waals surface area (Å²) in [5.74, 6) is -0.959. The Labute approximate surface area is 153 Å². The number of hydrogen-bond donors (Lipinski definition) is 0. The molecule has 9 heteroatoms. The molecule has 0 radical (unpaired) electrons. The maximum absolute atomic E-state index is 13.8. The third-order valence-corrected chi connectivity index (χ3v) is 5.16. The molecule has 3 heterocycles. The molecule has 3 aromatic rings. The van der Waals surface area contributed by atoms with E-state index in [1.807, 2.05) is 4.57 Å². The smallest absolute Gasteiger partial charge is 0.320 e. The van der Waals surface area contributed by atoms with E-state index in [4.69, 9.17) is 0 Å². The molecule has 0 saturated carbocycles. The SMILES string of the molecule is Cn1c(=O)c2c(nc3n2CCN(CCc2cccc(F)c2F)C3)n(C)c1=O. The molecule has 0 spiro atoms. The minimum Gasteiger partial charge on any atom is -0.320 e. The number of rotatable bonds is 3. The second kappa shape index (κ2) is 6.41. The van der Waals surface area contributed by atoms with Crippen LogP contribution >= 0.6 is 0 Å². The first-order valence-electron chi connectivity index (χ1n) is 8.69. The fourth-order valence-electron chi connectivity index (χ4n) is 3.58. The van der Waals surface area contributed by atoms with Crippen molar-refractivity contribution in [3.63, 3.8) is 0 Å². The molecule has 1 aliphatic rings. The summed E-state index contributed by atoms with van der Waals surface area (Å²) in [6.07, 6.45) is 0.379. The van der Waals surface area contributed by atoms with E-state index >= 15 is 0 Å². The monoisotopic (exact) mass is 375 g/mol. The van der Waals surface area contributed by atoms with Crippen LogP contribution in [0.15, 0.2) is 27.8 Å². The molecule has 7 nitrogen and oxygen atoms in total. The van der Waals surface area contributed by atoms with E-state index in [-0.39, 0.29) is 5.56 Å². The molecule has 1 aliphatic heterocycles. The van der Waals surface area contributed by atoms with Crippen LogP contribution < -0.4 is 11.2 Å². The van der Waals surface area contributed by atoms with E-state index < -0.39 is 17.3 Å². The summed E-state index contributed by atoms with van der Waals surface area (Å²) >= 11 is 0. The number of hydrogen-bond acceptors (Lipinski definition) is 4. The average molecular weight is 375 g/mol. The second-order valence-corrected chi connectivity index (χ2v) is 6.80. The Balaban J connectivity index is 1.61. The first kappa shape index (κ1) is 17.6. The van der Waals surface area contributed by atoms with E-state index in [0.717, 1.165) is 10.6 Å². The second-order valence-electron chi connectivity index (χ2n) is 6.80. The van der Waals surface area contributed by atoms with Gasteiger partial charge < -0.3 is 4.57 Å². The Morgan fingerprint density at radius 2 is 1.89 bits per heavy atom. The minimum absolute atomic E-state index is 0.338. The first-order chi connectivity index (χ1) is 12.9. The number of aromatic nitrogens is 4. The van der Waals surface area contributed by atoms with Crippen molar-refractivity contribution in [2.45, 2.75) is 19.5 Å². The van der Waals surface area contributed by atoms with Gasteiger partial charge in [0.25, 0.3) is 5.56 Å². The minimum atomic E-state index is -0.843. The molecule has 0 N–H and O–H groups in total. The predicted octanol–water partition coefficient (Wildman–Crippen LogP) is 0.770. The molecule has 0 saturated heterocycles. The number of aryl methyl sites for hydroxylation is 1. The summed E-state index contributed by atoms with van der Waals surface area (Å²) in [5.41, 5.74) is 0.357. The largest absolute Gasteiger partial charge is 0.332 e. The van der Waals surface area contributed by atoms with Gasteiger partial charge in [-0.05, 0) is 18.1 Å². The highest BCUT2D eigenvalue weighted by Gasteiger charge is 2.24. The van der Waals surface area contributed by atoms with Crippen LogP contribution in [0.1, 0.15) is 11.4 Å². The molecular weight excluding hydrogens is 356 g/mol. The Morgan fingerprint density at radius 1 is 1.11 bits per heavy atom. The zero-order valence-corrected chi connectivity index (χ0v) is 15.1. The normalized spacial score (nSPS) is 14.7. The van der Waals surface area contributed by atoms with Crippen molar-refractivity contribution in [1.82, 2.24) is 23.6 Å². The van der Waals surface area contributed by atoms with Crippen molar-refractivity contribution in [3.8, 4) is 0 Å². The Bertz CT molecular complexity index is 1160. The van der Waals surface area contributed by atoms with Gasteiger partial charge in [-0.1, -0.05) is 12.1 Å². The summed E-state index contributed by atoms with van der Waals surface area (Å²) < 4.78 is 31.5. The predicted molar refractivity (Wildman–Crippen MR) is 95.6 cm³/mol. The van der Waals surface area contributed by atoms with Crippen LogP contribution in [0, 0.1) is 11.6 Å². The maximum Gasteiger partial charge on any atom is 0.332 e. The lowest BCUT2D eigenvalue weighted by molar-refractivity contribution is 0.221. The highest BCUT2D eigenvalue weighted by atomic mass is 19.2. The van der Waals surface area contributed by atoms with Crippen molar-refractivity contribution in [3.05, 3.63) is 62.1 Å². The third kappa shape index (κ3) is 2.78. The zero-order chi connectivity index (χ0) is 19.3. The molecule has 27 heavy (non-hydrogen) atoms. The summed E-state index contributed by atoms with van der Waals surface area (Å²) in [6.45, 7) is 2.22. The third-order valence-electron chi connectivity index (χ3n) is 5.16. The van der Waals surface area contributed by atoms with Crippen LogP contribution in [0.2, 0.25) is 0 Å². The Morgan fingerprint density at radius 3 is 2.67 bits per heavy atom. The molecule has 0 aliphatic carbocycles. The number of imidazole rings is 1. The van der Waals surface area contributed by atoms with E-state index in [9.17, 15) is 18.4 Å². The highest BCUT2D eigenvalue weighted by Crippen LogP contribution is 2.18. The van der Waals surface area contributed by atoms with Gasteiger partial charge in [-0.3, -0.25) is 18.8 Å². The standard InChI is InChI=1S/C18H19F2N5O2/c1-22-16-15(17(26)23(2)18(22)27)25-9-8-24(10-13(25)21-16)7-6-11-4-3-5-12(19)14(11)20/h3-5H,6-10H2,1-2H3. The van der Waals surface area contributed by atoms with Gasteiger partial charge in [0.15, 0.2) is 22.8 Å². The molecule has 0 amide bonds. The van der Waals surface area contributed by atoms with Crippen LogP contribution in [0.5, 0.6) is 0 Å². The summed E-state index contributed by atoms with van der Waals surface area (Å²) in [6, 6.07) is 4.18. The van der Waals surface area contributed by atoms with E-state index in [1.54, 1.807) is 13.1 Å². The lowest BCUT2D eigenvalue weighted by atomic mass is 10.1. The average Bonchev–Trinajstić information content (AvgIpc) is 3.04. The summed E-state index contributed by atoms with van der Waals surface area (Å²) in [4.78, 5) is 31.2. The highest BCUT2D eigenvalue weighted by molar-refractivity contribution is 5.71. The Kier molecular flexibility index (Phi) is 4.18. The quantitative estimate of drug-likeness (QED) is 0.678. The van der Waals surface area contributed by atoms with Gasteiger partial charge in [-0.15, -0.1) is 0 Å². The van der Waals surface area contributed by atoms with Crippen LogP contribution in [-0.4, -0.2) is 36.7 Å². The number of fused-ring (bicyclic) bond motifs is 3. The van der Waals surface area contributed by atoms with Crippen LogP contribution in [0.4, 0.5) is 8.78 Å². The molecule has 1 aromatic carbocycles. The van der Waals surface area contributed by atoms with Gasteiger partial charge in [0, 0.05) is 33.7 Å². The molecule has 2 aromatic heterocycles. The Hall–Kier alpha value is -2.81. The number of halogens is 2. The lowest BCUT2D eigenvalue weighted by Gasteiger charge is -2.27. The molecule has 0 atom stereocenters. The van der Waals surface area contributed by atoms with Gasteiger partial charge in [0.2, 0.25) is 0 Å². The van der Waals surface area contributed by atoms with Crippen LogP contribution in [0.25, 0.3) is 11.2 Å². The molecule has 0 bridgehead atoms. The molecule has 4 rings (SSSR count). The van der Waals surface area contributed by atoms with Crippen molar-refractivity contribution >= 4 is 11.2 Å². The van der Waals surface area contributed by atoms with Crippen molar-refractivity contribution < 1.29 is 8.78 Å². The van der Waals surface area contributed by atoms with E-state index in [2.05, 4.69) is 9.88 Å².